The molecule has 30 heavy (non-hydrogen) atoms. The van der Waals surface area contributed by atoms with E-state index in [1.165, 1.54) is 7.11 Å². The summed E-state index contributed by atoms with van der Waals surface area (Å²) in [5.74, 6) is -0.825. The molecule has 0 fully saturated rings. The van der Waals surface area contributed by atoms with Crippen molar-refractivity contribution in [1.82, 2.24) is 5.32 Å². The summed E-state index contributed by atoms with van der Waals surface area (Å²) in [6.45, 7) is 0.322. The number of esters is 1. The van der Waals surface area contributed by atoms with Gasteiger partial charge in [-0.3, -0.25) is 9.59 Å². The van der Waals surface area contributed by atoms with E-state index in [2.05, 4.69) is 16.0 Å². The number of benzene rings is 3. The third-order valence-corrected chi connectivity index (χ3v) is 5.07. The zero-order chi connectivity index (χ0) is 21.1. The minimum absolute atomic E-state index is 0.187. The summed E-state index contributed by atoms with van der Waals surface area (Å²) in [5, 5.41) is 10.9. The number of fused-ring (bicyclic) bond motifs is 2. The van der Waals surface area contributed by atoms with Gasteiger partial charge in [-0.1, -0.05) is 30.3 Å². The van der Waals surface area contributed by atoms with Crippen LogP contribution in [0, 0.1) is 0 Å². The van der Waals surface area contributed by atoms with Gasteiger partial charge >= 0.3 is 5.97 Å². The predicted octanol–water partition coefficient (Wildman–Crippen LogP) is 3.18. The number of hydrogen-bond donors (Lipinski definition) is 3. The molecule has 152 valence electrons. The van der Waals surface area contributed by atoms with E-state index in [1.54, 1.807) is 24.3 Å². The molecule has 3 aromatic rings. The van der Waals surface area contributed by atoms with Crippen LogP contribution in [0.5, 0.6) is 0 Å². The van der Waals surface area contributed by atoms with Gasteiger partial charge in [0.25, 0.3) is 5.91 Å². The third-order valence-electron chi connectivity index (χ3n) is 5.07. The number of anilines is 2. The zero-order valence-electron chi connectivity index (χ0n) is 16.4. The first-order valence-corrected chi connectivity index (χ1v) is 9.62. The molecule has 2 amide bonds. The molecule has 7 nitrogen and oxygen atoms in total. The average Bonchev–Trinajstić information content (AvgIpc) is 2.78. The van der Waals surface area contributed by atoms with E-state index in [9.17, 15) is 14.4 Å². The lowest BCUT2D eigenvalue weighted by molar-refractivity contribution is -0.117. The second-order valence-electron chi connectivity index (χ2n) is 7.04. The molecule has 0 aromatic heterocycles. The molecule has 1 atom stereocenters. The molecule has 1 unspecified atom stereocenters. The number of carbonyl (C=O) groups excluding carboxylic acids is 3. The first-order valence-electron chi connectivity index (χ1n) is 9.62. The molecule has 1 aliphatic rings. The van der Waals surface area contributed by atoms with E-state index in [0.717, 1.165) is 10.8 Å². The first kappa shape index (κ1) is 19.4. The fourth-order valence-electron chi connectivity index (χ4n) is 3.46. The minimum atomic E-state index is -0.526. The van der Waals surface area contributed by atoms with Gasteiger partial charge in [0.1, 0.15) is 6.04 Å². The van der Waals surface area contributed by atoms with Crippen molar-refractivity contribution in [3.05, 3.63) is 71.8 Å². The van der Waals surface area contributed by atoms with Gasteiger partial charge in [0.2, 0.25) is 5.91 Å². The monoisotopic (exact) mass is 403 g/mol. The van der Waals surface area contributed by atoms with Crippen LogP contribution in [0.15, 0.2) is 60.7 Å². The molecular formula is C23H21N3O4. The highest BCUT2D eigenvalue weighted by Gasteiger charge is 2.26. The van der Waals surface area contributed by atoms with Crippen LogP contribution in [-0.4, -0.2) is 37.5 Å². The molecule has 0 bridgehead atoms. The molecule has 3 aromatic carbocycles. The fourth-order valence-corrected chi connectivity index (χ4v) is 3.46. The number of hydrogen-bond acceptors (Lipinski definition) is 5. The first-order chi connectivity index (χ1) is 14.5. The summed E-state index contributed by atoms with van der Waals surface area (Å²) in [7, 11) is 1.32. The van der Waals surface area contributed by atoms with Crippen molar-refractivity contribution in [2.45, 2.75) is 12.5 Å². The van der Waals surface area contributed by atoms with Crippen molar-refractivity contribution >= 4 is 39.9 Å². The van der Waals surface area contributed by atoms with Crippen LogP contribution in [0.25, 0.3) is 10.8 Å². The summed E-state index contributed by atoms with van der Waals surface area (Å²) < 4.78 is 4.73. The maximum absolute atomic E-state index is 12.5. The summed E-state index contributed by atoms with van der Waals surface area (Å²) in [6, 6.07) is 17.8. The van der Waals surface area contributed by atoms with Crippen molar-refractivity contribution in [2.75, 3.05) is 24.3 Å². The van der Waals surface area contributed by atoms with Gasteiger partial charge in [-0.05, 0) is 47.5 Å². The maximum Gasteiger partial charge on any atom is 0.337 e. The summed E-state index contributed by atoms with van der Waals surface area (Å²) in [5.41, 5.74) is 2.21. The number of nitrogens with one attached hydrogen (secondary N) is 3. The van der Waals surface area contributed by atoms with Crippen LogP contribution in [0.2, 0.25) is 0 Å². The standard InChI is InChI=1S/C23H21N3O4/c1-30-23(29)17-8-9-18-20(13-17)25-19(22(28)26-18)10-11-24-21(27)16-7-6-14-4-2-3-5-15(14)12-16/h2-9,12-13,19,25H,10-11H2,1H3,(H,24,27)(H,26,28). The Morgan fingerprint density at radius 3 is 2.53 bits per heavy atom. The number of rotatable bonds is 5. The van der Waals surface area contributed by atoms with Gasteiger partial charge < -0.3 is 20.7 Å². The molecule has 4 rings (SSSR count). The highest BCUT2D eigenvalue weighted by Crippen LogP contribution is 2.28. The Hall–Kier alpha value is -3.87. The molecule has 7 heteroatoms. The van der Waals surface area contributed by atoms with Crippen LogP contribution < -0.4 is 16.0 Å². The van der Waals surface area contributed by atoms with Gasteiger partial charge in [-0.15, -0.1) is 0 Å². The number of ether oxygens (including phenoxy) is 1. The number of amides is 2. The van der Waals surface area contributed by atoms with Gasteiger partial charge in [-0.2, -0.15) is 0 Å². The largest absolute Gasteiger partial charge is 0.465 e. The van der Waals surface area contributed by atoms with Crippen molar-refractivity contribution in [3.63, 3.8) is 0 Å². The molecule has 1 aliphatic heterocycles. The lowest BCUT2D eigenvalue weighted by Gasteiger charge is -2.27. The van der Waals surface area contributed by atoms with E-state index in [-0.39, 0.29) is 11.8 Å². The highest BCUT2D eigenvalue weighted by atomic mass is 16.5. The second-order valence-corrected chi connectivity index (χ2v) is 7.04. The molecule has 0 saturated carbocycles. The van der Waals surface area contributed by atoms with Crippen LogP contribution in [0.1, 0.15) is 27.1 Å². The van der Waals surface area contributed by atoms with Gasteiger partial charge in [0.15, 0.2) is 0 Å². The molecule has 0 saturated heterocycles. The van der Waals surface area contributed by atoms with Crippen LogP contribution >= 0.6 is 0 Å². The van der Waals surface area contributed by atoms with E-state index < -0.39 is 12.0 Å². The van der Waals surface area contributed by atoms with Gasteiger partial charge in [0.05, 0.1) is 24.0 Å². The van der Waals surface area contributed by atoms with Crippen molar-refractivity contribution in [1.29, 1.82) is 0 Å². The summed E-state index contributed by atoms with van der Waals surface area (Å²) in [4.78, 5) is 36.5. The molecule has 0 radical (unpaired) electrons. The molecular weight excluding hydrogens is 382 g/mol. The summed E-state index contributed by atoms with van der Waals surface area (Å²) in [6.07, 6.45) is 0.396. The number of methoxy groups -OCH3 is 1. The normalized spacial score (nSPS) is 15.0. The van der Waals surface area contributed by atoms with E-state index in [0.29, 0.717) is 35.5 Å². The van der Waals surface area contributed by atoms with Crippen LogP contribution in [0.3, 0.4) is 0 Å². The molecule has 3 N–H and O–H groups in total. The lowest BCUT2D eigenvalue weighted by Crippen LogP contribution is -2.41. The maximum atomic E-state index is 12.5. The Morgan fingerprint density at radius 2 is 1.73 bits per heavy atom. The Balaban J connectivity index is 1.38. The highest BCUT2D eigenvalue weighted by molar-refractivity contribution is 6.04. The van der Waals surface area contributed by atoms with E-state index in [1.807, 2.05) is 36.4 Å². The SMILES string of the molecule is COC(=O)c1ccc2c(c1)NC(CCNC(=O)c1ccc3ccccc3c1)C(=O)N2. The van der Waals surface area contributed by atoms with Crippen molar-refractivity contribution < 1.29 is 19.1 Å². The third kappa shape index (κ3) is 3.96. The Kier molecular flexibility index (Phi) is 5.34. The molecule has 0 spiro atoms. The number of carbonyl (C=O) groups is 3. The van der Waals surface area contributed by atoms with Crippen molar-refractivity contribution in [3.8, 4) is 0 Å². The fraction of sp³-hybridized carbons (Fsp3) is 0.174. The Morgan fingerprint density at radius 1 is 0.967 bits per heavy atom. The van der Waals surface area contributed by atoms with Crippen molar-refractivity contribution in [2.24, 2.45) is 0 Å². The van der Waals surface area contributed by atoms with Gasteiger partial charge in [0, 0.05) is 12.1 Å². The topological polar surface area (TPSA) is 96.5 Å². The molecule has 1 heterocycles. The summed E-state index contributed by atoms with van der Waals surface area (Å²) >= 11 is 0. The predicted molar refractivity (Wildman–Crippen MR) is 115 cm³/mol. The lowest BCUT2D eigenvalue weighted by atomic mass is 10.1. The van der Waals surface area contributed by atoms with E-state index >= 15 is 0 Å². The average molecular weight is 403 g/mol. The van der Waals surface area contributed by atoms with Gasteiger partial charge in [-0.25, -0.2) is 4.79 Å². The smallest absolute Gasteiger partial charge is 0.337 e. The Bertz CT molecular complexity index is 1140. The minimum Gasteiger partial charge on any atom is -0.465 e. The quantitative estimate of drug-likeness (QED) is 0.569. The molecule has 0 aliphatic carbocycles. The zero-order valence-corrected chi connectivity index (χ0v) is 16.4. The van der Waals surface area contributed by atoms with Crippen LogP contribution in [-0.2, 0) is 9.53 Å². The second kappa shape index (κ2) is 8.24. The Labute approximate surface area is 173 Å². The van der Waals surface area contributed by atoms with E-state index in [4.69, 9.17) is 4.74 Å². The van der Waals surface area contributed by atoms with Crippen LogP contribution in [0.4, 0.5) is 11.4 Å².